The molecule has 1 fully saturated rings. The molecule has 0 radical (unpaired) electrons. The zero-order valence-corrected chi connectivity index (χ0v) is 12.4. The Balaban J connectivity index is 1.92. The molecular formula is C15H28N4. The Kier molecular flexibility index (Phi) is 5.40. The van der Waals surface area contributed by atoms with Crippen molar-refractivity contribution in [2.75, 3.05) is 19.6 Å². The van der Waals surface area contributed by atoms with E-state index in [0.29, 0.717) is 12.0 Å². The normalized spacial score (nSPS) is 21.2. The molecule has 1 aliphatic rings. The molecule has 0 spiro atoms. The van der Waals surface area contributed by atoms with E-state index in [1.165, 1.54) is 25.1 Å². The van der Waals surface area contributed by atoms with Gasteiger partial charge in [0.05, 0.1) is 11.7 Å². The first-order valence-electron chi connectivity index (χ1n) is 7.73. The second kappa shape index (κ2) is 7.06. The van der Waals surface area contributed by atoms with Crippen molar-refractivity contribution in [3.05, 3.63) is 18.0 Å². The third kappa shape index (κ3) is 3.80. The molecule has 1 saturated heterocycles. The van der Waals surface area contributed by atoms with Crippen LogP contribution in [0.1, 0.15) is 51.3 Å². The molecule has 2 N–H and O–H groups in total. The van der Waals surface area contributed by atoms with Gasteiger partial charge < -0.3 is 5.73 Å². The van der Waals surface area contributed by atoms with E-state index in [1.807, 2.05) is 0 Å². The third-order valence-electron chi connectivity index (χ3n) is 4.30. The van der Waals surface area contributed by atoms with Crippen molar-refractivity contribution in [3.8, 4) is 0 Å². The van der Waals surface area contributed by atoms with E-state index in [2.05, 4.69) is 35.7 Å². The number of aromatic nitrogens is 2. The highest BCUT2D eigenvalue weighted by atomic mass is 15.3. The zero-order chi connectivity index (χ0) is 13.7. The summed E-state index contributed by atoms with van der Waals surface area (Å²) < 4.78 is 2.14. The Morgan fingerprint density at radius 2 is 2.21 bits per heavy atom. The fraction of sp³-hybridized carbons (Fsp3) is 0.800. The van der Waals surface area contributed by atoms with Crippen LogP contribution in [0.15, 0.2) is 12.3 Å². The maximum atomic E-state index is 5.79. The first kappa shape index (κ1) is 14.5. The standard InChI is InChI=1S/C15H28N4/c1-3-15(4-2)19-9-7-14(17-19)12-18-8-5-6-13(10-16)11-18/h7,9,13,15H,3-6,8,10-12,16H2,1-2H3. The molecular weight excluding hydrogens is 236 g/mol. The molecule has 1 atom stereocenters. The van der Waals surface area contributed by atoms with Gasteiger partial charge in [-0.3, -0.25) is 9.58 Å². The minimum Gasteiger partial charge on any atom is -0.330 e. The van der Waals surface area contributed by atoms with Crippen molar-refractivity contribution < 1.29 is 0 Å². The summed E-state index contributed by atoms with van der Waals surface area (Å²) in [6.07, 6.45) is 6.99. The molecule has 1 aromatic rings. The molecule has 2 rings (SSSR count). The number of likely N-dealkylation sites (tertiary alicyclic amines) is 1. The van der Waals surface area contributed by atoms with Crippen molar-refractivity contribution >= 4 is 0 Å². The SMILES string of the molecule is CCC(CC)n1ccc(CN2CCCC(CN)C2)n1. The monoisotopic (exact) mass is 264 g/mol. The van der Waals surface area contributed by atoms with Gasteiger partial charge in [0, 0.05) is 19.3 Å². The van der Waals surface area contributed by atoms with E-state index in [-0.39, 0.29) is 0 Å². The minimum atomic E-state index is 0.548. The third-order valence-corrected chi connectivity index (χ3v) is 4.30. The Hall–Kier alpha value is -0.870. The summed E-state index contributed by atoms with van der Waals surface area (Å²) in [4.78, 5) is 2.50. The molecule has 0 amide bonds. The Bertz CT molecular complexity index is 370. The second-order valence-corrected chi connectivity index (χ2v) is 5.74. The average molecular weight is 264 g/mol. The lowest BCUT2D eigenvalue weighted by Gasteiger charge is -2.31. The molecule has 1 aromatic heterocycles. The van der Waals surface area contributed by atoms with Gasteiger partial charge >= 0.3 is 0 Å². The van der Waals surface area contributed by atoms with Crippen molar-refractivity contribution in [1.29, 1.82) is 0 Å². The van der Waals surface area contributed by atoms with Gasteiger partial charge in [-0.1, -0.05) is 13.8 Å². The van der Waals surface area contributed by atoms with E-state index in [4.69, 9.17) is 10.8 Å². The van der Waals surface area contributed by atoms with Gasteiger partial charge in [-0.2, -0.15) is 5.10 Å². The van der Waals surface area contributed by atoms with Crippen LogP contribution in [-0.2, 0) is 6.54 Å². The predicted molar refractivity (Wildman–Crippen MR) is 78.9 cm³/mol. The summed E-state index contributed by atoms with van der Waals surface area (Å²) in [5, 5.41) is 4.74. The van der Waals surface area contributed by atoms with Crippen LogP contribution in [0.4, 0.5) is 0 Å². The number of nitrogens with two attached hydrogens (primary N) is 1. The van der Waals surface area contributed by atoms with Crippen molar-refractivity contribution in [1.82, 2.24) is 14.7 Å². The van der Waals surface area contributed by atoms with Crippen LogP contribution in [0.2, 0.25) is 0 Å². The van der Waals surface area contributed by atoms with Gasteiger partial charge in [0.2, 0.25) is 0 Å². The van der Waals surface area contributed by atoms with Crippen LogP contribution in [0.3, 0.4) is 0 Å². The second-order valence-electron chi connectivity index (χ2n) is 5.74. The maximum absolute atomic E-state index is 5.79. The lowest BCUT2D eigenvalue weighted by Crippen LogP contribution is -2.37. The Morgan fingerprint density at radius 3 is 2.89 bits per heavy atom. The largest absolute Gasteiger partial charge is 0.330 e. The molecule has 0 aliphatic carbocycles. The van der Waals surface area contributed by atoms with Gasteiger partial charge in [0.25, 0.3) is 0 Å². The molecule has 4 nitrogen and oxygen atoms in total. The first-order chi connectivity index (χ1) is 9.26. The van der Waals surface area contributed by atoms with E-state index in [0.717, 1.165) is 32.5 Å². The van der Waals surface area contributed by atoms with Crippen LogP contribution in [0.25, 0.3) is 0 Å². The van der Waals surface area contributed by atoms with Crippen molar-refractivity contribution in [2.45, 2.75) is 52.1 Å². The van der Waals surface area contributed by atoms with E-state index in [1.54, 1.807) is 0 Å². The molecule has 19 heavy (non-hydrogen) atoms. The summed E-state index contributed by atoms with van der Waals surface area (Å²) in [7, 11) is 0. The number of hydrogen-bond donors (Lipinski definition) is 1. The minimum absolute atomic E-state index is 0.548. The maximum Gasteiger partial charge on any atom is 0.0764 e. The quantitative estimate of drug-likeness (QED) is 0.858. The van der Waals surface area contributed by atoms with Crippen LogP contribution < -0.4 is 5.73 Å². The highest BCUT2D eigenvalue weighted by molar-refractivity contribution is 5.00. The molecule has 2 heterocycles. The Labute approximate surface area is 117 Å². The molecule has 1 aliphatic heterocycles. The zero-order valence-electron chi connectivity index (χ0n) is 12.4. The smallest absolute Gasteiger partial charge is 0.0764 e. The molecule has 0 saturated carbocycles. The highest BCUT2D eigenvalue weighted by Gasteiger charge is 2.19. The summed E-state index contributed by atoms with van der Waals surface area (Å²) in [6.45, 7) is 8.57. The van der Waals surface area contributed by atoms with Gasteiger partial charge in [-0.05, 0) is 50.8 Å². The first-order valence-corrected chi connectivity index (χ1v) is 7.73. The highest BCUT2D eigenvalue weighted by Crippen LogP contribution is 2.18. The molecule has 1 unspecified atom stereocenters. The van der Waals surface area contributed by atoms with Gasteiger partial charge in [0.1, 0.15) is 0 Å². The number of hydrogen-bond acceptors (Lipinski definition) is 3. The molecule has 0 bridgehead atoms. The van der Waals surface area contributed by atoms with Gasteiger partial charge in [-0.25, -0.2) is 0 Å². The average Bonchev–Trinajstić information content (AvgIpc) is 2.89. The van der Waals surface area contributed by atoms with E-state index < -0.39 is 0 Å². The van der Waals surface area contributed by atoms with Crippen LogP contribution >= 0.6 is 0 Å². The lowest BCUT2D eigenvalue weighted by atomic mass is 9.98. The Morgan fingerprint density at radius 1 is 1.42 bits per heavy atom. The fourth-order valence-corrected chi connectivity index (χ4v) is 3.04. The number of piperidine rings is 1. The number of rotatable bonds is 6. The summed E-state index contributed by atoms with van der Waals surface area (Å²) in [6, 6.07) is 2.72. The van der Waals surface area contributed by atoms with Crippen molar-refractivity contribution in [3.63, 3.8) is 0 Å². The topological polar surface area (TPSA) is 47.1 Å². The van der Waals surface area contributed by atoms with Gasteiger partial charge in [-0.15, -0.1) is 0 Å². The fourth-order valence-electron chi connectivity index (χ4n) is 3.04. The number of nitrogens with zero attached hydrogens (tertiary/aromatic N) is 3. The summed E-state index contributed by atoms with van der Waals surface area (Å²) in [5.74, 6) is 0.676. The molecule has 4 heteroatoms. The van der Waals surface area contributed by atoms with Crippen LogP contribution in [0, 0.1) is 5.92 Å². The summed E-state index contributed by atoms with van der Waals surface area (Å²) >= 11 is 0. The van der Waals surface area contributed by atoms with Crippen molar-refractivity contribution in [2.24, 2.45) is 11.7 Å². The van der Waals surface area contributed by atoms with Crippen LogP contribution in [-0.4, -0.2) is 34.3 Å². The lowest BCUT2D eigenvalue weighted by molar-refractivity contribution is 0.168. The van der Waals surface area contributed by atoms with Gasteiger partial charge in [0.15, 0.2) is 0 Å². The molecule has 0 aromatic carbocycles. The predicted octanol–water partition coefficient (Wildman–Crippen LogP) is 2.41. The molecule has 108 valence electrons. The van der Waals surface area contributed by atoms with E-state index in [9.17, 15) is 0 Å². The van der Waals surface area contributed by atoms with E-state index >= 15 is 0 Å². The summed E-state index contributed by atoms with van der Waals surface area (Å²) in [5.41, 5.74) is 6.99. The van der Waals surface area contributed by atoms with Crippen LogP contribution in [0.5, 0.6) is 0 Å².